The maximum atomic E-state index is 10.9. The van der Waals surface area contributed by atoms with E-state index in [9.17, 15) is 4.79 Å². The van der Waals surface area contributed by atoms with Crippen molar-refractivity contribution in [3.63, 3.8) is 0 Å². The smallest absolute Gasteiger partial charge is 0.123 e. The minimum atomic E-state index is 0.183. The molecule has 3 heterocycles. The number of anilines is 1. The van der Waals surface area contributed by atoms with Gasteiger partial charge in [-0.3, -0.25) is 9.67 Å². The van der Waals surface area contributed by atoms with Crippen LogP contribution in [-0.2, 0) is 4.79 Å². The third-order valence-electron chi connectivity index (χ3n) is 6.30. The van der Waals surface area contributed by atoms with Crippen LogP contribution < -0.4 is 4.90 Å². The molecule has 2 fully saturated rings. The quantitative estimate of drug-likeness (QED) is 0.638. The van der Waals surface area contributed by atoms with E-state index in [0.717, 1.165) is 73.3 Å². The number of likely N-dealkylation sites (N-methyl/N-ethyl adjacent to an activating group) is 1. The lowest BCUT2D eigenvalue weighted by molar-refractivity contribution is -0.114. The average Bonchev–Trinajstić information content (AvgIpc) is 3.08. The highest BCUT2D eigenvalue weighted by Crippen LogP contribution is 2.37. The molecular formula is C22H26N6O. The van der Waals surface area contributed by atoms with Gasteiger partial charge < -0.3 is 14.6 Å². The highest BCUT2D eigenvalue weighted by Gasteiger charge is 2.31. The van der Waals surface area contributed by atoms with Gasteiger partial charge in [0.15, 0.2) is 0 Å². The normalized spacial score (nSPS) is 22.6. The fraction of sp³-hybridized carbons (Fsp3) is 0.455. The Morgan fingerprint density at radius 2 is 1.90 bits per heavy atom. The van der Waals surface area contributed by atoms with E-state index in [1.54, 1.807) is 0 Å². The number of piperazine rings is 1. The number of carbonyl (C=O) groups is 1. The van der Waals surface area contributed by atoms with Gasteiger partial charge in [0, 0.05) is 49.5 Å². The first kappa shape index (κ1) is 18.2. The molecule has 0 unspecified atom stereocenters. The Hall–Kier alpha value is -2.80. The first-order valence-corrected chi connectivity index (χ1v) is 10.3. The summed E-state index contributed by atoms with van der Waals surface area (Å²) in [6.07, 6.45) is 6.71. The summed E-state index contributed by atoms with van der Waals surface area (Å²) in [5.41, 5.74) is 5.84. The highest BCUT2D eigenvalue weighted by molar-refractivity contribution is 5.81. The minimum Gasteiger partial charge on any atom is -0.369 e. The molecule has 3 aromatic rings. The lowest BCUT2D eigenvalue weighted by atomic mass is 9.81. The second-order valence-corrected chi connectivity index (χ2v) is 8.35. The fourth-order valence-corrected chi connectivity index (χ4v) is 4.27. The van der Waals surface area contributed by atoms with Crippen LogP contribution in [0.15, 0.2) is 30.6 Å². The third kappa shape index (κ3) is 3.40. The van der Waals surface area contributed by atoms with Crippen molar-refractivity contribution in [3.05, 3.63) is 36.3 Å². The largest absolute Gasteiger partial charge is 0.369 e. The molecule has 5 rings (SSSR count). The van der Waals surface area contributed by atoms with Crippen molar-refractivity contribution < 1.29 is 4.79 Å². The van der Waals surface area contributed by atoms with Crippen molar-refractivity contribution in [2.45, 2.75) is 25.8 Å². The number of benzene rings is 1. The van der Waals surface area contributed by atoms with Gasteiger partial charge in [-0.1, -0.05) is 0 Å². The molecular weight excluding hydrogens is 364 g/mol. The van der Waals surface area contributed by atoms with Gasteiger partial charge in [-0.15, -0.1) is 0 Å². The highest BCUT2D eigenvalue weighted by atomic mass is 16.1. The molecule has 1 aliphatic heterocycles. The van der Waals surface area contributed by atoms with Crippen molar-refractivity contribution in [2.24, 2.45) is 5.92 Å². The van der Waals surface area contributed by atoms with Crippen LogP contribution in [0.3, 0.4) is 0 Å². The number of aryl methyl sites for hydroxylation is 1. The van der Waals surface area contributed by atoms with Crippen LogP contribution in [0.1, 0.15) is 24.6 Å². The first-order chi connectivity index (χ1) is 14.1. The maximum absolute atomic E-state index is 10.9. The molecule has 0 radical (unpaired) electrons. The monoisotopic (exact) mass is 390 g/mol. The van der Waals surface area contributed by atoms with Crippen molar-refractivity contribution in [3.8, 4) is 11.3 Å². The summed E-state index contributed by atoms with van der Waals surface area (Å²) in [5.74, 6) is 0.183. The average molecular weight is 390 g/mol. The van der Waals surface area contributed by atoms with Crippen LogP contribution in [0.25, 0.3) is 22.3 Å². The molecule has 1 saturated carbocycles. The van der Waals surface area contributed by atoms with Crippen LogP contribution in [0.5, 0.6) is 0 Å². The van der Waals surface area contributed by atoms with E-state index >= 15 is 0 Å². The van der Waals surface area contributed by atoms with Gasteiger partial charge >= 0.3 is 0 Å². The number of aldehydes is 1. The number of rotatable bonds is 4. The molecule has 0 spiro atoms. The summed E-state index contributed by atoms with van der Waals surface area (Å²) in [5, 5.41) is 4.66. The molecule has 7 heteroatoms. The van der Waals surface area contributed by atoms with Crippen LogP contribution in [0.4, 0.5) is 5.69 Å². The molecule has 0 atom stereocenters. The molecule has 2 aromatic heterocycles. The SMILES string of the molecule is Cc1nn(C2CC(C=O)C2)cc1-c1cnc2cc(N3CCN(C)CC3)ccc2n1. The van der Waals surface area contributed by atoms with E-state index < -0.39 is 0 Å². The molecule has 29 heavy (non-hydrogen) atoms. The number of hydrogen-bond acceptors (Lipinski definition) is 6. The Bertz CT molecular complexity index is 1050. The first-order valence-electron chi connectivity index (χ1n) is 10.3. The van der Waals surface area contributed by atoms with Gasteiger partial charge in [0.25, 0.3) is 0 Å². The molecule has 1 aromatic carbocycles. The molecule has 7 nitrogen and oxygen atoms in total. The predicted molar refractivity (Wildman–Crippen MR) is 113 cm³/mol. The van der Waals surface area contributed by atoms with Crippen molar-refractivity contribution >= 4 is 23.0 Å². The van der Waals surface area contributed by atoms with Crippen molar-refractivity contribution in [1.82, 2.24) is 24.6 Å². The molecule has 1 aliphatic carbocycles. The van der Waals surface area contributed by atoms with Crippen LogP contribution in [0.2, 0.25) is 0 Å². The van der Waals surface area contributed by atoms with Crippen LogP contribution >= 0.6 is 0 Å². The summed E-state index contributed by atoms with van der Waals surface area (Å²) in [6.45, 7) is 6.25. The van der Waals surface area contributed by atoms with Crippen molar-refractivity contribution in [1.29, 1.82) is 0 Å². The van der Waals surface area contributed by atoms with Crippen molar-refractivity contribution in [2.75, 3.05) is 38.1 Å². The second-order valence-electron chi connectivity index (χ2n) is 8.35. The maximum Gasteiger partial charge on any atom is 0.123 e. The van der Waals surface area contributed by atoms with Gasteiger partial charge in [-0.25, -0.2) is 4.98 Å². The molecule has 150 valence electrons. The molecule has 0 amide bonds. The molecule has 1 saturated heterocycles. The number of hydrogen-bond donors (Lipinski definition) is 0. The molecule has 0 N–H and O–H groups in total. The predicted octanol–water partition coefficient (Wildman–Crippen LogP) is 2.70. The Balaban J connectivity index is 1.40. The number of fused-ring (bicyclic) bond motifs is 1. The van der Waals surface area contributed by atoms with E-state index in [2.05, 4.69) is 46.3 Å². The van der Waals surface area contributed by atoms with E-state index in [4.69, 9.17) is 9.97 Å². The third-order valence-corrected chi connectivity index (χ3v) is 6.30. The number of aromatic nitrogens is 4. The van der Waals surface area contributed by atoms with Crippen LogP contribution in [-0.4, -0.2) is 64.2 Å². The lowest BCUT2D eigenvalue weighted by Crippen LogP contribution is -2.44. The molecule has 0 bridgehead atoms. The van der Waals surface area contributed by atoms with E-state index in [-0.39, 0.29) is 5.92 Å². The van der Waals surface area contributed by atoms with Gasteiger partial charge in [0.2, 0.25) is 0 Å². The summed E-state index contributed by atoms with van der Waals surface area (Å²) < 4.78 is 1.99. The Morgan fingerprint density at radius 3 is 2.66 bits per heavy atom. The van der Waals surface area contributed by atoms with Gasteiger partial charge in [0.1, 0.15) is 6.29 Å². The van der Waals surface area contributed by atoms with E-state index in [1.165, 1.54) is 5.69 Å². The van der Waals surface area contributed by atoms with E-state index in [1.807, 2.05) is 17.8 Å². The Morgan fingerprint density at radius 1 is 1.10 bits per heavy atom. The van der Waals surface area contributed by atoms with Gasteiger partial charge in [-0.05, 0) is 45.0 Å². The fourth-order valence-electron chi connectivity index (χ4n) is 4.27. The summed E-state index contributed by atoms with van der Waals surface area (Å²) in [6, 6.07) is 6.68. The number of nitrogens with zero attached hydrogens (tertiary/aromatic N) is 6. The Kier molecular flexibility index (Phi) is 4.54. The molecule has 2 aliphatic rings. The summed E-state index contributed by atoms with van der Waals surface area (Å²) in [7, 11) is 2.17. The zero-order valence-electron chi connectivity index (χ0n) is 17.0. The number of carbonyl (C=O) groups excluding carboxylic acids is 1. The summed E-state index contributed by atoms with van der Waals surface area (Å²) >= 11 is 0. The lowest BCUT2D eigenvalue weighted by Gasteiger charge is -2.34. The topological polar surface area (TPSA) is 67.2 Å². The Labute approximate surface area is 170 Å². The zero-order chi connectivity index (χ0) is 20.0. The summed E-state index contributed by atoms with van der Waals surface area (Å²) in [4.78, 5) is 25.2. The van der Waals surface area contributed by atoms with Crippen LogP contribution in [0, 0.1) is 12.8 Å². The minimum absolute atomic E-state index is 0.183. The van der Waals surface area contributed by atoms with E-state index in [0.29, 0.717) is 6.04 Å². The van der Waals surface area contributed by atoms with Gasteiger partial charge in [0.05, 0.1) is 34.7 Å². The standard InChI is InChI=1S/C22H26N6O/c1-15-19(13-28(25-15)18-9-16(10-18)14-29)22-12-23-21-11-17(3-4-20(21)24-22)27-7-5-26(2)6-8-27/h3-4,11-14,16,18H,5-10H2,1-2H3. The van der Waals surface area contributed by atoms with Gasteiger partial charge in [-0.2, -0.15) is 5.10 Å². The zero-order valence-corrected chi connectivity index (χ0v) is 17.0. The second kappa shape index (κ2) is 7.22.